The number of methoxy groups -OCH3 is 1. The van der Waals surface area contributed by atoms with Crippen molar-refractivity contribution >= 4 is 0 Å². The number of rotatable bonds is 7. The summed E-state index contributed by atoms with van der Waals surface area (Å²) in [5.74, 6) is 0.834. The molecule has 5 heteroatoms. The van der Waals surface area contributed by atoms with Crippen molar-refractivity contribution in [2.45, 2.75) is 12.7 Å². The van der Waals surface area contributed by atoms with E-state index in [1.807, 2.05) is 24.3 Å². The summed E-state index contributed by atoms with van der Waals surface area (Å²) in [7, 11) is 1.65. The second-order valence-corrected chi connectivity index (χ2v) is 4.93. The zero-order valence-corrected chi connectivity index (χ0v) is 12.0. The van der Waals surface area contributed by atoms with Gasteiger partial charge in [-0.15, -0.1) is 0 Å². The summed E-state index contributed by atoms with van der Waals surface area (Å²) in [5, 5.41) is 9.93. The van der Waals surface area contributed by atoms with E-state index in [-0.39, 0.29) is 0 Å². The Morgan fingerprint density at radius 1 is 1.25 bits per heavy atom. The van der Waals surface area contributed by atoms with E-state index in [4.69, 9.17) is 14.2 Å². The summed E-state index contributed by atoms with van der Waals surface area (Å²) in [4.78, 5) is 2.20. The van der Waals surface area contributed by atoms with Crippen LogP contribution in [0.2, 0.25) is 0 Å². The highest BCUT2D eigenvalue weighted by atomic mass is 16.5. The zero-order valence-electron chi connectivity index (χ0n) is 12.0. The van der Waals surface area contributed by atoms with Crippen LogP contribution in [0, 0.1) is 0 Å². The minimum atomic E-state index is -0.452. The van der Waals surface area contributed by atoms with Crippen molar-refractivity contribution in [3.63, 3.8) is 0 Å². The molecule has 1 unspecified atom stereocenters. The van der Waals surface area contributed by atoms with Crippen molar-refractivity contribution in [3.8, 4) is 5.75 Å². The Balaban J connectivity index is 1.63. The van der Waals surface area contributed by atoms with Gasteiger partial charge in [0.1, 0.15) is 5.75 Å². The molecule has 0 spiro atoms. The lowest BCUT2D eigenvalue weighted by Crippen LogP contribution is -2.42. The summed E-state index contributed by atoms with van der Waals surface area (Å²) in [5.41, 5.74) is 1.07. The highest BCUT2D eigenvalue weighted by molar-refractivity contribution is 5.26. The minimum absolute atomic E-state index is 0.351. The molecule has 2 rings (SSSR count). The lowest BCUT2D eigenvalue weighted by atomic mass is 10.2. The maximum absolute atomic E-state index is 9.93. The molecule has 1 aromatic rings. The number of benzene rings is 1. The monoisotopic (exact) mass is 281 g/mol. The normalized spacial score (nSPS) is 17.9. The standard InChI is InChI=1S/C15H23NO4/c1-18-15-4-2-13(3-5-15)11-20-12-14(17)10-16-6-8-19-9-7-16/h2-5,14,17H,6-12H2,1H3. The minimum Gasteiger partial charge on any atom is -0.497 e. The molecule has 0 aromatic heterocycles. The summed E-state index contributed by atoms with van der Waals surface area (Å²) in [6.07, 6.45) is -0.452. The van der Waals surface area contributed by atoms with Gasteiger partial charge in [0.25, 0.3) is 0 Å². The molecule has 0 amide bonds. The van der Waals surface area contributed by atoms with Crippen molar-refractivity contribution in [1.29, 1.82) is 0 Å². The topological polar surface area (TPSA) is 51.2 Å². The van der Waals surface area contributed by atoms with Gasteiger partial charge in [-0.3, -0.25) is 4.90 Å². The van der Waals surface area contributed by atoms with Crippen molar-refractivity contribution < 1.29 is 19.3 Å². The van der Waals surface area contributed by atoms with Gasteiger partial charge < -0.3 is 19.3 Å². The summed E-state index contributed by atoms with van der Waals surface area (Å²) in [6.45, 7) is 4.77. The van der Waals surface area contributed by atoms with Gasteiger partial charge in [-0.05, 0) is 17.7 Å². The van der Waals surface area contributed by atoms with Crippen LogP contribution in [0.4, 0.5) is 0 Å². The molecule has 1 aliphatic heterocycles. The molecule has 112 valence electrons. The zero-order chi connectivity index (χ0) is 14.2. The molecule has 1 saturated heterocycles. The van der Waals surface area contributed by atoms with Gasteiger partial charge in [0, 0.05) is 19.6 Å². The van der Waals surface area contributed by atoms with E-state index >= 15 is 0 Å². The quantitative estimate of drug-likeness (QED) is 0.805. The Morgan fingerprint density at radius 2 is 1.95 bits per heavy atom. The molecular formula is C15H23NO4. The van der Waals surface area contributed by atoms with Crippen molar-refractivity contribution in [2.75, 3.05) is 46.6 Å². The molecule has 1 heterocycles. The lowest BCUT2D eigenvalue weighted by Gasteiger charge is -2.28. The van der Waals surface area contributed by atoms with Crippen LogP contribution in [0.5, 0.6) is 5.75 Å². The summed E-state index contributed by atoms with van der Waals surface area (Å²) >= 11 is 0. The molecule has 1 aromatic carbocycles. The molecule has 5 nitrogen and oxygen atoms in total. The summed E-state index contributed by atoms with van der Waals surface area (Å²) in [6, 6.07) is 7.74. The van der Waals surface area contributed by atoms with Gasteiger partial charge in [0.05, 0.1) is 39.6 Å². The smallest absolute Gasteiger partial charge is 0.118 e. The molecule has 20 heavy (non-hydrogen) atoms. The molecule has 1 N–H and O–H groups in total. The Kier molecular flexibility index (Phi) is 6.26. The predicted octanol–water partition coefficient (Wildman–Crippen LogP) is 0.905. The van der Waals surface area contributed by atoms with Gasteiger partial charge in [0.15, 0.2) is 0 Å². The molecule has 1 atom stereocenters. The molecular weight excluding hydrogens is 258 g/mol. The number of aliphatic hydroxyl groups excluding tert-OH is 1. The van der Waals surface area contributed by atoms with Gasteiger partial charge in [-0.25, -0.2) is 0 Å². The fraction of sp³-hybridized carbons (Fsp3) is 0.600. The van der Waals surface area contributed by atoms with Crippen LogP contribution in [-0.2, 0) is 16.1 Å². The van der Waals surface area contributed by atoms with E-state index in [1.54, 1.807) is 7.11 Å². The summed E-state index contributed by atoms with van der Waals surface area (Å²) < 4.78 is 15.9. The number of hydrogen-bond donors (Lipinski definition) is 1. The Labute approximate surface area is 120 Å². The number of nitrogens with zero attached hydrogens (tertiary/aromatic N) is 1. The molecule has 0 bridgehead atoms. The molecule has 0 aliphatic carbocycles. The number of morpholine rings is 1. The van der Waals surface area contributed by atoms with E-state index in [9.17, 15) is 5.11 Å². The van der Waals surface area contributed by atoms with E-state index in [2.05, 4.69) is 4.90 Å². The first kappa shape index (κ1) is 15.3. The van der Waals surface area contributed by atoms with Gasteiger partial charge in [-0.2, -0.15) is 0 Å². The number of ether oxygens (including phenoxy) is 3. The van der Waals surface area contributed by atoms with Crippen LogP contribution >= 0.6 is 0 Å². The average molecular weight is 281 g/mol. The third kappa shape index (κ3) is 5.09. The van der Waals surface area contributed by atoms with Crippen LogP contribution in [0.25, 0.3) is 0 Å². The van der Waals surface area contributed by atoms with Gasteiger partial charge in [0.2, 0.25) is 0 Å². The van der Waals surface area contributed by atoms with Crippen LogP contribution in [-0.4, -0.2) is 62.7 Å². The maximum atomic E-state index is 9.93. The Hall–Kier alpha value is -1.14. The fourth-order valence-corrected chi connectivity index (χ4v) is 2.17. The predicted molar refractivity (Wildman–Crippen MR) is 75.9 cm³/mol. The number of aliphatic hydroxyl groups is 1. The molecule has 1 fully saturated rings. The van der Waals surface area contributed by atoms with Crippen LogP contribution in [0.3, 0.4) is 0 Å². The molecule has 0 saturated carbocycles. The Bertz CT molecular complexity index is 376. The van der Waals surface area contributed by atoms with Crippen molar-refractivity contribution in [3.05, 3.63) is 29.8 Å². The van der Waals surface area contributed by atoms with Gasteiger partial charge in [-0.1, -0.05) is 12.1 Å². The number of β-amino-alcohol motifs (C(OH)–C–C–N with tert-alkyl or cyclic N) is 1. The lowest BCUT2D eigenvalue weighted by molar-refractivity contribution is -0.0175. The largest absolute Gasteiger partial charge is 0.497 e. The second-order valence-electron chi connectivity index (χ2n) is 4.93. The highest BCUT2D eigenvalue weighted by Crippen LogP contribution is 2.12. The van der Waals surface area contributed by atoms with E-state index < -0.39 is 6.10 Å². The SMILES string of the molecule is COc1ccc(COCC(O)CN2CCOCC2)cc1. The first-order valence-electron chi connectivity index (χ1n) is 6.97. The fourth-order valence-electron chi connectivity index (χ4n) is 2.17. The van der Waals surface area contributed by atoms with E-state index in [0.717, 1.165) is 37.6 Å². The van der Waals surface area contributed by atoms with Crippen LogP contribution < -0.4 is 4.74 Å². The van der Waals surface area contributed by atoms with E-state index in [0.29, 0.717) is 19.8 Å². The number of hydrogen-bond acceptors (Lipinski definition) is 5. The maximum Gasteiger partial charge on any atom is 0.118 e. The van der Waals surface area contributed by atoms with Crippen molar-refractivity contribution in [2.24, 2.45) is 0 Å². The first-order valence-corrected chi connectivity index (χ1v) is 6.97. The first-order chi connectivity index (χ1) is 9.78. The van der Waals surface area contributed by atoms with Gasteiger partial charge >= 0.3 is 0 Å². The second kappa shape index (κ2) is 8.21. The third-order valence-corrected chi connectivity index (χ3v) is 3.31. The third-order valence-electron chi connectivity index (χ3n) is 3.31. The van der Waals surface area contributed by atoms with Crippen LogP contribution in [0.1, 0.15) is 5.56 Å². The molecule has 1 aliphatic rings. The Morgan fingerprint density at radius 3 is 2.60 bits per heavy atom. The van der Waals surface area contributed by atoms with E-state index in [1.165, 1.54) is 0 Å². The average Bonchev–Trinajstić information content (AvgIpc) is 2.49. The van der Waals surface area contributed by atoms with Crippen LogP contribution in [0.15, 0.2) is 24.3 Å². The van der Waals surface area contributed by atoms with Crippen molar-refractivity contribution in [1.82, 2.24) is 4.90 Å². The highest BCUT2D eigenvalue weighted by Gasteiger charge is 2.14. The molecule has 0 radical (unpaired) electrons.